The van der Waals surface area contributed by atoms with Crippen molar-refractivity contribution in [2.75, 3.05) is 5.32 Å². The summed E-state index contributed by atoms with van der Waals surface area (Å²) in [4.78, 5) is 25.2. The van der Waals surface area contributed by atoms with Crippen molar-refractivity contribution in [1.82, 2.24) is 19.5 Å². The fourth-order valence-electron chi connectivity index (χ4n) is 3.17. The first-order chi connectivity index (χ1) is 14.2. The number of nitrogens with zero attached hydrogens (tertiary/aromatic N) is 4. The fourth-order valence-corrected chi connectivity index (χ4v) is 4.05. The third kappa shape index (κ3) is 3.45. The number of carboxylic acid groups (broad SMARTS) is 1. The van der Waals surface area contributed by atoms with Crippen LogP contribution in [0.5, 0.6) is 0 Å². The molecule has 0 unspecified atom stereocenters. The van der Waals surface area contributed by atoms with Gasteiger partial charge in [0.05, 0.1) is 23.3 Å². The molecule has 142 valence electrons. The summed E-state index contributed by atoms with van der Waals surface area (Å²) < 4.78 is 2.01. The van der Waals surface area contributed by atoms with Crippen LogP contribution in [0.1, 0.15) is 15.9 Å². The molecule has 0 saturated heterocycles. The van der Waals surface area contributed by atoms with Crippen LogP contribution in [-0.2, 0) is 6.54 Å². The molecular formula is C21H15N5O2S. The van der Waals surface area contributed by atoms with Crippen LogP contribution in [0.25, 0.3) is 11.3 Å². The van der Waals surface area contributed by atoms with E-state index in [1.807, 2.05) is 10.8 Å². The van der Waals surface area contributed by atoms with Crippen molar-refractivity contribution in [3.8, 4) is 11.3 Å². The molecule has 0 spiro atoms. The molecule has 0 atom stereocenters. The number of nitrogens with one attached hydrogen (secondary N) is 1. The molecule has 0 amide bonds. The molecule has 4 aromatic rings. The second kappa shape index (κ2) is 7.06. The Morgan fingerprint density at radius 3 is 2.72 bits per heavy atom. The minimum Gasteiger partial charge on any atom is -0.478 e. The van der Waals surface area contributed by atoms with Crippen LogP contribution in [0.15, 0.2) is 77.3 Å². The van der Waals surface area contributed by atoms with Crippen LogP contribution in [0.4, 0.5) is 11.5 Å². The summed E-state index contributed by atoms with van der Waals surface area (Å²) in [6.45, 7) is 0.674. The van der Waals surface area contributed by atoms with Crippen LogP contribution in [0, 0.1) is 0 Å². The Hall–Kier alpha value is -3.65. The number of carboxylic acids is 1. The summed E-state index contributed by atoms with van der Waals surface area (Å²) >= 11 is 1.60. The van der Waals surface area contributed by atoms with Gasteiger partial charge in [-0.05, 0) is 29.8 Å². The summed E-state index contributed by atoms with van der Waals surface area (Å²) in [6.07, 6.45) is 7.11. The van der Waals surface area contributed by atoms with Gasteiger partial charge in [-0.15, -0.1) is 0 Å². The van der Waals surface area contributed by atoms with Crippen molar-refractivity contribution in [2.45, 2.75) is 16.5 Å². The lowest BCUT2D eigenvalue weighted by Crippen LogP contribution is -2.05. The summed E-state index contributed by atoms with van der Waals surface area (Å²) in [6, 6.07) is 13.0. The molecule has 0 fully saturated rings. The van der Waals surface area contributed by atoms with Gasteiger partial charge in [0.2, 0.25) is 0 Å². The zero-order chi connectivity index (χ0) is 19.8. The fraction of sp³-hybridized carbons (Fsp3) is 0.0476. The van der Waals surface area contributed by atoms with E-state index >= 15 is 0 Å². The van der Waals surface area contributed by atoms with E-state index in [-0.39, 0.29) is 5.56 Å². The number of hydrogen-bond donors (Lipinski definition) is 2. The van der Waals surface area contributed by atoms with Crippen LogP contribution in [-0.4, -0.2) is 30.6 Å². The van der Waals surface area contributed by atoms with E-state index in [4.69, 9.17) is 5.11 Å². The molecule has 0 bridgehead atoms. The number of benzene rings is 2. The van der Waals surface area contributed by atoms with Gasteiger partial charge in [-0.25, -0.2) is 19.7 Å². The van der Waals surface area contributed by atoms with Crippen LogP contribution in [0.3, 0.4) is 0 Å². The molecule has 1 aliphatic rings. The SMILES string of the molecule is O=C(O)c1ccc(-c2cn(Cc3ccc4c(c3)Nc3nccnc3S4)cn2)cc1. The molecule has 0 radical (unpaired) electrons. The van der Waals surface area contributed by atoms with Gasteiger partial charge in [0.1, 0.15) is 5.03 Å². The van der Waals surface area contributed by atoms with E-state index in [1.54, 1.807) is 54.7 Å². The smallest absolute Gasteiger partial charge is 0.335 e. The second-order valence-electron chi connectivity index (χ2n) is 6.58. The van der Waals surface area contributed by atoms with Crippen molar-refractivity contribution in [2.24, 2.45) is 0 Å². The van der Waals surface area contributed by atoms with E-state index in [0.29, 0.717) is 6.54 Å². The van der Waals surface area contributed by atoms with Gasteiger partial charge in [0.25, 0.3) is 0 Å². The first-order valence-corrected chi connectivity index (χ1v) is 9.72. The molecule has 2 aromatic carbocycles. The lowest BCUT2D eigenvalue weighted by molar-refractivity contribution is 0.0697. The number of rotatable bonds is 4. The molecule has 2 aromatic heterocycles. The summed E-state index contributed by atoms with van der Waals surface area (Å²) in [5, 5.41) is 13.2. The minimum atomic E-state index is -0.935. The Bertz CT molecular complexity index is 1220. The number of aromatic carboxylic acids is 1. The normalized spacial score (nSPS) is 12.0. The van der Waals surface area contributed by atoms with Crippen molar-refractivity contribution in [3.05, 3.63) is 78.5 Å². The Morgan fingerprint density at radius 1 is 1.07 bits per heavy atom. The van der Waals surface area contributed by atoms with E-state index in [1.165, 1.54) is 0 Å². The molecule has 0 aliphatic carbocycles. The molecule has 1 aliphatic heterocycles. The molecule has 3 heterocycles. The quantitative estimate of drug-likeness (QED) is 0.464. The largest absolute Gasteiger partial charge is 0.478 e. The highest BCUT2D eigenvalue weighted by Crippen LogP contribution is 2.42. The average molecular weight is 401 g/mol. The minimum absolute atomic E-state index is 0.263. The van der Waals surface area contributed by atoms with Crippen molar-refractivity contribution < 1.29 is 9.90 Å². The molecular weight excluding hydrogens is 386 g/mol. The number of carbonyl (C=O) groups is 1. The Morgan fingerprint density at radius 2 is 1.90 bits per heavy atom. The van der Waals surface area contributed by atoms with Gasteiger partial charge in [-0.1, -0.05) is 30.0 Å². The third-order valence-corrected chi connectivity index (χ3v) is 5.66. The van der Waals surface area contributed by atoms with Gasteiger partial charge in [-0.3, -0.25) is 0 Å². The predicted octanol–water partition coefficient (Wildman–Crippen LogP) is 4.29. The van der Waals surface area contributed by atoms with Crippen LogP contribution in [0.2, 0.25) is 0 Å². The summed E-state index contributed by atoms with van der Waals surface area (Å²) in [7, 11) is 0. The highest BCUT2D eigenvalue weighted by molar-refractivity contribution is 7.99. The summed E-state index contributed by atoms with van der Waals surface area (Å²) in [5.41, 5.74) is 4.10. The maximum Gasteiger partial charge on any atom is 0.335 e. The zero-order valence-electron chi connectivity index (χ0n) is 15.1. The maximum atomic E-state index is 11.0. The number of imidazole rings is 1. The molecule has 8 heteroatoms. The zero-order valence-corrected chi connectivity index (χ0v) is 15.9. The van der Waals surface area contributed by atoms with Gasteiger partial charge in [0.15, 0.2) is 5.82 Å². The predicted molar refractivity (Wildman–Crippen MR) is 110 cm³/mol. The third-order valence-electron chi connectivity index (χ3n) is 4.59. The van der Waals surface area contributed by atoms with Gasteiger partial charge in [-0.2, -0.15) is 0 Å². The monoisotopic (exact) mass is 401 g/mol. The van der Waals surface area contributed by atoms with Gasteiger partial charge >= 0.3 is 5.97 Å². The topological polar surface area (TPSA) is 92.9 Å². The average Bonchev–Trinajstić information content (AvgIpc) is 3.20. The van der Waals surface area contributed by atoms with E-state index in [2.05, 4.69) is 38.5 Å². The number of aromatic nitrogens is 4. The first-order valence-electron chi connectivity index (χ1n) is 8.90. The second-order valence-corrected chi connectivity index (χ2v) is 7.61. The van der Waals surface area contributed by atoms with Gasteiger partial charge in [0, 0.05) is 35.6 Å². The lowest BCUT2D eigenvalue weighted by atomic mass is 10.1. The number of hydrogen-bond acceptors (Lipinski definition) is 6. The van der Waals surface area contributed by atoms with E-state index < -0.39 is 5.97 Å². The van der Waals surface area contributed by atoms with Crippen LogP contribution >= 0.6 is 11.8 Å². The Labute approximate surface area is 170 Å². The van der Waals surface area contributed by atoms with Gasteiger partial charge < -0.3 is 15.0 Å². The van der Waals surface area contributed by atoms with Crippen molar-refractivity contribution >= 4 is 29.2 Å². The highest BCUT2D eigenvalue weighted by Gasteiger charge is 2.17. The van der Waals surface area contributed by atoms with E-state index in [0.717, 1.165) is 38.2 Å². The van der Waals surface area contributed by atoms with E-state index in [9.17, 15) is 4.79 Å². The van der Waals surface area contributed by atoms with Crippen LogP contribution < -0.4 is 5.32 Å². The molecule has 29 heavy (non-hydrogen) atoms. The van der Waals surface area contributed by atoms with Crippen molar-refractivity contribution in [1.29, 1.82) is 0 Å². The standard InChI is InChI=1S/C21H15N5O2S/c27-21(28)15-4-2-14(3-5-15)17-11-26(12-24-17)10-13-1-6-18-16(9-13)25-19-20(29-18)23-8-7-22-19/h1-9,11-12H,10H2,(H,22,25)(H,27,28). The molecule has 5 rings (SSSR count). The highest BCUT2D eigenvalue weighted by atomic mass is 32.2. The number of anilines is 2. The summed E-state index contributed by atoms with van der Waals surface area (Å²) in [5.74, 6) is -0.160. The van der Waals surface area contributed by atoms with Crippen molar-refractivity contribution in [3.63, 3.8) is 0 Å². The first kappa shape index (κ1) is 17.4. The molecule has 2 N–H and O–H groups in total. The molecule has 7 nitrogen and oxygen atoms in total. The Balaban J connectivity index is 1.35. The lowest BCUT2D eigenvalue weighted by Gasteiger charge is -2.19. The number of fused-ring (bicyclic) bond motifs is 2. The maximum absolute atomic E-state index is 11.0. The molecule has 0 saturated carbocycles. The Kier molecular flexibility index (Phi) is 4.25.